The van der Waals surface area contributed by atoms with Crippen molar-refractivity contribution in [2.75, 3.05) is 5.75 Å². The van der Waals surface area contributed by atoms with Crippen LogP contribution in [0, 0.1) is 23.2 Å². The molecule has 1 aliphatic heterocycles. The first-order valence-corrected chi connectivity index (χ1v) is 11.0. The minimum atomic E-state index is -4.03. The van der Waals surface area contributed by atoms with Crippen molar-refractivity contribution in [2.45, 2.75) is 84.7 Å². The third kappa shape index (κ3) is 5.27. The van der Waals surface area contributed by atoms with Gasteiger partial charge in [0.1, 0.15) is 5.78 Å². The zero-order valence-electron chi connectivity index (χ0n) is 16.6. The Morgan fingerprint density at radius 3 is 1.92 bits per heavy atom. The molecule has 3 aliphatic carbocycles. The molecule has 2 bridgehead atoms. The Kier molecular flexibility index (Phi) is 5.51. The molecule has 4 aliphatic rings. The van der Waals surface area contributed by atoms with Gasteiger partial charge in [-0.3, -0.25) is 4.79 Å². The molecule has 146 valence electrons. The minimum Gasteiger partial charge on any atom is -0.748 e. The maximum Gasteiger partial charge on any atom is 0.145 e. The Bertz CT molecular complexity index is 601. The average Bonchev–Trinajstić information content (AvgIpc) is 2.32. The highest BCUT2D eigenvalue weighted by atomic mass is 32.2. The molecule has 2 N–H and O–H groups in total. The largest absolute Gasteiger partial charge is 0.748 e. The van der Waals surface area contributed by atoms with Gasteiger partial charge in [0.05, 0.1) is 34.0 Å². The van der Waals surface area contributed by atoms with Gasteiger partial charge in [0.2, 0.25) is 0 Å². The molecular weight excluding hydrogens is 338 g/mol. The van der Waals surface area contributed by atoms with Gasteiger partial charge in [0, 0.05) is 5.75 Å². The van der Waals surface area contributed by atoms with E-state index in [1.165, 1.54) is 0 Å². The monoisotopic (exact) mass is 373 g/mol. The lowest BCUT2D eigenvalue weighted by Gasteiger charge is -2.60. The lowest BCUT2D eigenvalue weighted by atomic mass is 9.46. The summed E-state index contributed by atoms with van der Waals surface area (Å²) >= 11 is 0. The van der Waals surface area contributed by atoms with Gasteiger partial charge in [-0.25, -0.2) is 8.42 Å². The highest BCUT2D eigenvalue weighted by Crippen LogP contribution is 2.61. The fourth-order valence-electron chi connectivity index (χ4n) is 5.66. The zero-order valence-corrected chi connectivity index (χ0v) is 17.4. The molecule has 4 rings (SSSR count). The molecule has 0 unspecified atom stereocenters. The molecule has 3 atom stereocenters. The summed E-state index contributed by atoms with van der Waals surface area (Å²) in [6.07, 6.45) is 4.60. The van der Waals surface area contributed by atoms with Crippen molar-refractivity contribution in [1.29, 1.82) is 0 Å². The van der Waals surface area contributed by atoms with Crippen molar-refractivity contribution < 1.29 is 23.1 Å². The van der Waals surface area contributed by atoms with E-state index in [0.717, 1.165) is 38.0 Å². The van der Waals surface area contributed by atoms with Crippen LogP contribution in [-0.4, -0.2) is 35.6 Å². The van der Waals surface area contributed by atoms with Crippen LogP contribution >= 0.6 is 0 Å². The Hall–Kier alpha value is -0.460. The van der Waals surface area contributed by atoms with Gasteiger partial charge in [-0.2, -0.15) is 0 Å². The summed E-state index contributed by atoms with van der Waals surface area (Å²) in [7, 11) is -4.03. The second-order valence-corrected chi connectivity index (χ2v) is 11.9. The molecule has 0 spiro atoms. The van der Waals surface area contributed by atoms with E-state index in [1.54, 1.807) is 0 Å². The number of quaternary nitrogens is 1. The van der Waals surface area contributed by atoms with Gasteiger partial charge in [0.25, 0.3) is 0 Å². The SMILES string of the molecule is CC1(C)CC(=O)CC(C)(C)[NH2+]1.CC1(C)[C@H]2CC[C@@H](CS(=O)(=O)[O-])[C@@H]1C2. The molecule has 6 heteroatoms. The molecule has 0 aromatic carbocycles. The molecule has 4 fully saturated rings. The predicted molar refractivity (Wildman–Crippen MR) is 97.0 cm³/mol. The zero-order chi connectivity index (χ0) is 19.3. The molecule has 0 aromatic rings. The van der Waals surface area contributed by atoms with Crippen LogP contribution in [-0.2, 0) is 14.9 Å². The van der Waals surface area contributed by atoms with E-state index in [1.807, 2.05) is 0 Å². The summed E-state index contributed by atoms with van der Waals surface area (Å²) < 4.78 is 32.2. The van der Waals surface area contributed by atoms with Crippen LogP contribution in [0.3, 0.4) is 0 Å². The van der Waals surface area contributed by atoms with Crippen LogP contribution in [0.25, 0.3) is 0 Å². The van der Waals surface area contributed by atoms with Gasteiger partial charge in [-0.15, -0.1) is 0 Å². The number of nitrogens with two attached hydrogens (primary N) is 1. The number of rotatable bonds is 2. The lowest BCUT2D eigenvalue weighted by Crippen LogP contribution is -3.05. The number of hydrogen-bond acceptors (Lipinski definition) is 4. The summed E-state index contributed by atoms with van der Waals surface area (Å²) in [5.74, 6) is 1.61. The van der Waals surface area contributed by atoms with Crippen LogP contribution in [0.15, 0.2) is 0 Å². The number of carbonyl (C=O) groups is 1. The highest BCUT2D eigenvalue weighted by molar-refractivity contribution is 7.85. The molecule has 5 nitrogen and oxygen atoms in total. The summed E-state index contributed by atoms with van der Waals surface area (Å²) in [6.45, 7) is 12.9. The first-order chi connectivity index (χ1) is 11.1. The predicted octanol–water partition coefficient (Wildman–Crippen LogP) is 2.07. The summed E-state index contributed by atoms with van der Waals surface area (Å²) in [5, 5.41) is 2.31. The molecule has 0 aromatic heterocycles. The number of Topliss-reactive ketones (excluding diaryl/α,β-unsaturated/α-hetero) is 1. The maximum absolute atomic E-state index is 11.3. The van der Waals surface area contributed by atoms with E-state index in [2.05, 4.69) is 46.9 Å². The van der Waals surface area contributed by atoms with Crippen molar-refractivity contribution >= 4 is 15.9 Å². The molecule has 3 saturated carbocycles. The number of carbonyl (C=O) groups excluding carboxylic acids is 1. The maximum atomic E-state index is 11.3. The van der Waals surface area contributed by atoms with E-state index < -0.39 is 10.1 Å². The van der Waals surface area contributed by atoms with Crippen LogP contribution in [0.4, 0.5) is 0 Å². The minimum absolute atomic E-state index is 0.110. The van der Waals surface area contributed by atoms with Crippen molar-refractivity contribution in [2.24, 2.45) is 23.2 Å². The Morgan fingerprint density at radius 2 is 1.56 bits per heavy atom. The molecule has 1 heterocycles. The summed E-state index contributed by atoms with van der Waals surface area (Å²) in [5.41, 5.74) is 0.491. The third-order valence-electron chi connectivity index (χ3n) is 6.51. The van der Waals surface area contributed by atoms with Crippen LogP contribution in [0.1, 0.15) is 73.6 Å². The lowest BCUT2D eigenvalue weighted by molar-refractivity contribution is -0.780. The number of ketones is 1. The Morgan fingerprint density at radius 1 is 1.04 bits per heavy atom. The molecular formula is C19H35NO4S. The second kappa shape index (κ2) is 6.61. The topological polar surface area (TPSA) is 90.9 Å². The number of hydrogen-bond donors (Lipinski definition) is 1. The normalized spacial score (nSPS) is 35.2. The smallest absolute Gasteiger partial charge is 0.145 e. The summed E-state index contributed by atoms with van der Waals surface area (Å²) in [6, 6.07) is 0. The third-order valence-corrected chi connectivity index (χ3v) is 7.34. The van der Waals surface area contributed by atoms with Gasteiger partial charge >= 0.3 is 0 Å². The van der Waals surface area contributed by atoms with Crippen molar-refractivity contribution in [1.82, 2.24) is 0 Å². The molecule has 0 radical (unpaired) electrons. The first kappa shape index (κ1) is 20.8. The standard InChI is InChI=1S/C10H18O3S.C9H17NO/c1-10(2)8-4-3-7(9(10)5-8)6-14(11,12)13;1-8(2)5-7(11)6-9(3,4)10-8/h7-9H,3-6H2,1-2H3,(H,11,12,13);10H,5-6H2,1-4H3/t7-,8-,9-;/m0./s1. The van der Waals surface area contributed by atoms with Crippen LogP contribution in [0.5, 0.6) is 0 Å². The average molecular weight is 374 g/mol. The van der Waals surface area contributed by atoms with E-state index in [-0.39, 0.29) is 28.2 Å². The Labute approximate surface area is 153 Å². The molecule has 0 amide bonds. The van der Waals surface area contributed by atoms with E-state index in [4.69, 9.17) is 0 Å². The van der Waals surface area contributed by atoms with Crippen molar-refractivity contribution in [3.8, 4) is 0 Å². The number of piperidine rings is 1. The fourth-order valence-corrected chi connectivity index (χ4v) is 6.59. The highest BCUT2D eigenvalue weighted by Gasteiger charge is 2.54. The quantitative estimate of drug-likeness (QED) is 0.750. The van der Waals surface area contributed by atoms with E-state index >= 15 is 0 Å². The second-order valence-electron chi connectivity index (χ2n) is 10.4. The van der Waals surface area contributed by atoms with Crippen molar-refractivity contribution in [3.63, 3.8) is 0 Å². The molecule has 25 heavy (non-hydrogen) atoms. The van der Waals surface area contributed by atoms with E-state index in [9.17, 15) is 17.8 Å². The van der Waals surface area contributed by atoms with Gasteiger partial charge in [-0.05, 0) is 70.1 Å². The van der Waals surface area contributed by atoms with Gasteiger partial charge in [0.15, 0.2) is 0 Å². The Balaban J connectivity index is 0.000000186. The van der Waals surface area contributed by atoms with E-state index in [0.29, 0.717) is 11.7 Å². The fraction of sp³-hybridized carbons (Fsp3) is 0.947. The van der Waals surface area contributed by atoms with Gasteiger partial charge < -0.3 is 9.87 Å². The number of fused-ring (bicyclic) bond motifs is 2. The van der Waals surface area contributed by atoms with Crippen LogP contribution in [0.2, 0.25) is 0 Å². The van der Waals surface area contributed by atoms with Gasteiger partial charge in [-0.1, -0.05) is 13.8 Å². The van der Waals surface area contributed by atoms with Crippen LogP contribution < -0.4 is 5.32 Å². The first-order valence-electron chi connectivity index (χ1n) is 9.44. The van der Waals surface area contributed by atoms with Crippen molar-refractivity contribution in [3.05, 3.63) is 0 Å². The molecule has 1 saturated heterocycles. The summed E-state index contributed by atoms with van der Waals surface area (Å²) in [4.78, 5) is 11.3.